The van der Waals surface area contributed by atoms with E-state index in [0.717, 1.165) is 23.5 Å². The average molecular weight is 537 g/mol. The van der Waals surface area contributed by atoms with Crippen LogP contribution in [0.1, 0.15) is 50.0 Å². The Kier molecular flexibility index (Phi) is 6.45. The number of carbonyl (C=O) groups is 2. The van der Waals surface area contributed by atoms with Gasteiger partial charge in [-0.05, 0) is 49.7 Å². The molecule has 11 heteroatoms. The molecule has 4 aromatic rings. The van der Waals surface area contributed by atoms with Crippen molar-refractivity contribution in [2.45, 2.75) is 19.9 Å². The Balaban J connectivity index is 1.74. The Morgan fingerprint density at radius 1 is 1.29 bits per heavy atom. The van der Waals surface area contributed by atoms with Crippen molar-refractivity contribution < 1.29 is 33.0 Å². The number of esters is 1. The van der Waals surface area contributed by atoms with Crippen LogP contribution in [0.3, 0.4) is 0 Å². The Hall–Kier alpha value is -4.51. The van der Waals surface area contributed by atoms with Crippen LogP contribution in [-0.2, 0) is 4.74 Å². The normalized spacial score (nSPS) is 14.6. The maximum atomic E-state index is 14.0. The van der Waals surface area contributed by atoms with E-state index in [9.17, 15) is 23.9 Å². The second-order valence-corrected chi connectivity index (χ2v) is 9.33. The zero-order valence-corrected chi connectivity index (χ0v) is 21.1. The molecule has 0 fully saturated rings. The monoisotopic (exact) mass is 536 g/mol. The number of hydrogen-bond acceptors (Lipinski definition) is 9. The number of rotatable bonds is 7. The Morgan fingerprint density at radius 3 is 2.82 bits per heavy atom. The lowest BCUT2D eigenvalue weighted by atomic mass is 9.98. The number of fused-ring (bicyclic) bond motifs is 2. The molecule has 1 amide bonds. The van der Waals surface area contributed by atoms with Gasteiger partial charge in [-0.1, -0.05) is 30.1 Å². The fourth-order valence-electron chi connectivity index (χ4n) is 4.30. The summed E-state index contributed by atoms with van der Waals surface area (Å²) in [5, 5.41) is 10.3. The number of nitrogens with zero attached hydrogens (tertiary/aromatic N) is 2. The minimum absolute atomic E-state index is 0.00248. The highest BCUT2D eigenvalue weighted by Crippen LogP contribution is 2.44. The molecule has 38 heavy (non-hydrogen) atoms. The third-order valence-corrected chi connectivity index (χ3v) is 7.08. The number of benzene rings is 2. The Labute approximate surface area is 219 Å². The van der Waals surface area contributed by atoms with Crippen molar-refractivity contribution in [1.82, 2.24) is 4.98 Å². The van der Waals surface area contributed by atoms with Crippen LogP contribution in [0, 0.1) is 12.7 Å². The number of carbonyl (C=O) groups excluding carboxylic acids is 2. The first kappa shape index (κ1) is 25.2. The Morgan fingerprint density at radius 2 is 2.08 bits per heavy atom. The number of anilines is 1. The van der Waals surface area contributed by atoms with Crippen molar-refractivity contribution in [3.8, 4) is 11.5 Å². The van der Waals surface area contributed by atoms with Crippen LogP contribution in [-0.4, -0.2) is 35.2 Å². The van der Waals surface area contributed by atoms with Gasteiger partial charge in [-0.15, -0.1) is 0 Å². The number of amides is 1. The summed E-state index contributed by atoms with van der Waals surface area (Å²) in [5.41, 5.74) is 0.170. The summed E-state index contributed by atoms with van der Waals surface area (Å²) in [4.78, 5) is 45.8. The topological polar surface area (TPSA) is 119 Å². The molecule has 1 aliphatic rings. The summed E-state index contributed by atoms with van der Waals surface area (Å²) in [7, 11) is 0. The molecule has 3 heterocycles. The van der Waals surface area contributed by atoms with E-state index in [0.29, 0.717) is 11.3 Å². The highest BCUT2D eigenvalue weighted by Gasteiger charge is 2.45. The number of thiazole rings is 1. The van der Waals surface area contributed by atoms with Gasteiger partial charge in [-0.25, -0.2) is 14.2 Å². The third kappa shape index (κ3) is 4.10. The summed E-state index contributed by atoms with van der Waals surface area (Å²) < 4.78 is 30.5. The van der Waals surface area contributed by atoms with Crippen molar-refractivity contribution >= 4 is 39.3 Å². The molecule has 5 rings (SSSR count). The number of phenols is 1. The van der Waals surface area contributed by atoms with Crippen LogP contribution in [0.2, 0.25) is 0 Å². The van der Waals surface area contributed by atoms with Crippen LogP contribution < -0.4 is 15.1 Å². The molecule has 1 aliphatic heterocycles. The van der Waals surface area contributed by atoms with Gasteiger partial charge in [0, 0.05) is 0 Å². The largest absolute Gasteiger partial charge is 0.504 e. The number of hydrogen-bond donors (Lipinski definition) is 1. The minimum Gasteiger partial charge on any atom is -0.504 e. The van der Waals surface area contributed by atoms with E-state index in [1.165, 1.54) is 35.2 Å². The third-order valence-electron chi connectivity index (χ3n) is 5.94. The Bertz CT molecular complexity index is 1680. The predicted molar refractivity (Wildman–Crippen MR) is 138 cm³/mol. The molecule has 0 spiro atoms. The van der Waals surface area contributed by atoms with E-state index in [-0.39, 0.29) is 57.0 Å². The van der Waals surface area contributed by atoms with Crippen LogP contribution in [0.25, 0.3) is 11.0 Å². The van der Waals surface area contributed by atoms with Crippen LogP contribution >= 0.6 is 11.3 Å². The van der Waals surface area contributed by atoms with E-state index in [2.05, 4.69) is 11.6 Å². The number of ether oxygens (including phenoxy) is 2. The van der Waals surface area contributed by atoms with Crippen molar-refractivity contribution in [2.24, 2.45) is 0 Å². The summed E-state index contributed by atoms with van der Waals surface area (Å²) in [6.07, 6.45) is 1.43. The maximum Gasteiger partial charge on any atom is 0.350 e. The zero-order chi connectivity index (χ0) is 27.1. The lowest BCUT2D eigenvalue weighted by molar-refractivity contribution is 0.0554. The van der Waals surface area contributed by atoms with Crippen LogP contribution in [0.5, 0.6) is 11.5 Å². The number of aromatic nitrogens is 1. The quantitative estimate of drug-likeness (QED) is 0.262. The van der Waals surface area contributed by atoms with Gasteiger partial charge in [0.1, 0.15) is 22.9 Å². The minimum atomic E-state index is -1.07. The van der Waals surface area contributed by atoms with Crippen molar-refractivity contribution in [2.75, 3.05) is 18.1 Å². The molecule has 0 radical (unpaired) electrons. The van der Waals surface area contributed by atoms with Crippen molar-refractivity contribution in [3.63, 3.8) is 0 Å². The molecule has 194 valence electrons. The first-order valence-electron chi connectivity index (χ1n) is 11.6. The first-order valence-corrected chi connectivity index (χ1v) is 12.4. The summed E-state index contributed by atoms with van der Waals surface area (Å²) in [5.74, 6) is -2.15. The van der Waals surface area contributed by atoms with Gasteiger partial charge in [-0.2, -0.15) is 0 Å². The number of aryl methyl sites for hydroxylation is 1. The average Bonchev–Trinajstić information content (AvgIpc) is 3.42. The molecule has 0 aliphatic carbocycles. The molecule has 0 bridgehead atoms. The second kappa shape index (κ2) is 9.75. The molecule has 0 saturated carbocycles. The van der Waals surface area contributed by atoms with Crippen LogP contribution in [0.4, 0.5) is 9.52 Å². The molecular weight excluding hydrogens is 515 g/mol. The summed E-state index contributed by atoms with van der Waals surface area (Å²) in [6, 6.07) is 6.83. The highest BCUT2D eigenvalue weighted by molar-refractivity contribution is 7.17. The lowest BCUT2D eigenvalue weighted by Gasteiger charge is -2.23. The molecule has 9 nitrogen and oxygen atoms in total. The SMILES string of the molecule is C=CCOC(=O)c1sc(N2C(=O)c3oc4ccc(F)cc4c(=O)c3C2c2ccc(O)c(OCC)c2)nc1C. The van der Waals surface area contributed by atoms with E-state index in [1.807, 2.05) is 0 Å². The van der Waals surface area contributed by atoms with E-state index < -0.39 is 29.2 Å². The summed E-state index contributed by atoms with van der Waals surface area (Å²) >= 11 is 0.919. The summed E-state index contributed by atoms with van der Waals surface area (Å²) in [6.45, 7) is 7.12. The van der Waals surface area contributed by atoms with E-state index in [4.69, 9.17) is 13.9 Å². The van der Waals surface area contributed by atoms with Gasteiger partial charge in [0.2, 0.25) is 5.76 Å². The fourth-order valence-corrected chi connectivity index (χ4v) is 5.29. The maximum absolute atomic E-state index is 14.0. The standard InChI is InChI=1S/C27H21FN2O7S/c1-4-10-36-26(34)24-13(3)29-27(38-24)30-21(14-6-8-17(31)19(11-14)35-5-2)20-22(32)16-12-15(28)7-9-18(16)37-23(20)25(30)33/h4,6-9,11-12,21,31H,1,5,10H2,2-3H3. The van der Waals surface area contributed by atoms with Gasteiger partial charge < -0.3 is 19.0 Å². The first-order chi connectivity index (χ1) is 18.2. The van der Waals surface area contributed by atoms with Crippen molar-refractivity contribution in [3.05, 3.63) is 92.6 Å². The molecule has 1 atom stereocenters. The molecule has 0 saturated heterocycles. The smallest absolute Gasteiger partial charge is 0.350 e. The predicted octanol–water partition coefficient (Wildman–Crippen LogP) is 4.89. The van der Waals surface area contributed by atoms with Crippen LogP contribution in [0.15, 0.2) is 58.3 Å². The van der Waals surface area contributed by atoms with Gasteiger partial charge >= 0.3 is 5.97 Å². The fraction of sp³-hybridized carbons (Fsp3) is 0.185. The van der Waals surface area contributed by atoms with E-state index in [1.54, 1.807) is 13.8 Å². The van der Waals surface area contributed by atoms with Gasteiger partial charge in [-0.3, -0.25) is 14.5 Å². The molecule has 1 N–H and O–H groups in total. The van der Waals surface area contributed by atoms with Crippen molar-refractivity contribution in [1.29, 1.82) is 0 Å². The van der Waals surface area contributed by atoms with Gasteiger partial charge in [0.05, 0.1) is 29.3 Å². The molecule has 1 unspecified atom stereocenters. The second-order valence-electron chi connectivity index (χ2n) is 8.35. The zero-order valence-electron chi connectivity index (χ0n) is 20.3. The number of phenolic OH excluding ortho intramolecular Hbond substituents is 1. The molecule has 2 aromatic carbocycles. The van der Waals surface area contributed by atoms with E-state index >= 15 is 0 Å². The van der Waals surface area contributed by atoms with Gasteiger partial charge in [0.15, 0.2) is 22.1 Å². The molecule has 2 aromatic heterocycles. The number of halogens is 1. The molecular formula is C27H21FN2O7S. The number of aromatic hydroxyl groups is 1. The highest BCUT2D eigenvalue weighted by atomic mass is 32.1. The lowest BCUT2D eigenvalue weighted by Crippen LogP contribution is -2.29. The van der Waals surface area contributed by atoms with Gasteiger partial charge in [0.25, 0.3) is 5.91 Å².